The molecule has 1 aromatic rings. The number of carboxylic acids is 1. The number of aliphatic carboxylic acids is 1. The maximum absolute atomic E-state index is 11.7. The van der Waals surface area contributed by atoms with Crippen LogP contribution in [0.1, 0.15) is 35.2 Å². The van der Waals surface area contributed by atoms with Crippen LogP contribution in [0.5, 0.6) is 0 Å². The van der Waals surface area contributed by atoms with E-state index in [1.807, 2.05) is 18.2 Å². The van der Waals surface area contributed by atoms with Gasteiger partial charge in [0, 0.05) is 12.0 Å². The summed E-state index contributed by atoms with van der Waals surface area (Å²) in [5, 5.41) is 19.2. The van der Waals surface area contributed by atoms with E-state index in [-0.39, 0.29) is 0 Å². The van der Waals surface area contributed by atoms with Gasteiger partial charge in [0.25, 0.3) is 5.91 Å². The van der Waals surface area contributed by atoms with Gasteiger partial charge >= 0.3 is 5.97 Å². The van der Waals surface area contributed by atoms with E-state index in [1.54, 1.807) is 18.2 Å². The summed E-state index contributed by atoms with van der Waals surface area (Å²) in [6.45, 7) is -0.396. The minimum absolute atomic E-state index is 0.396. The Morgan fingerprint density at radius 2 is 2.20 bits per heavy atom. The number of allylic oxidation sites excluding steroid dienone is 1. The fraction of sp³-hybridized carbons (Fsp3) is 0.267. The number of unbranched alkanes of at least 4 members (excludes halogenated alkanes) is 2. The third-order valence-electron chi connectivity index (χ3n) is 2.52. The number of carbonyl (C=O) groups excluding carboxylic acids is 1. The number of rotatable bonds is 7. The van der Waals surface area contributed by atoms with E-state index in [0.29, 0.717) is 12.0 Å². The van der Waals surface area contributed by atoms with Crippen molar-refractivity contribution in [2.75, 3.05) is 6.54 Å². The van der Waals surface area contributed by atoms with Crippen LogP contribution in [0.25, 0.3) is 6.08 Å². The van der Waals surface area contributed by atoms with Crippen molar-refractivity contribution in [3.05, 3.63) is 41.5 Å². The molecule has 2 N–H and O–H groups in total. The van der Waals surface area contributed by atoms with Crippen LogP contribution in [0.15, 0.2) is 30.3 Å². The number of hydrogen-bond acceptors (Lipinski definition) is 3. The fourth-order valence-corrected chi connectivity index (χ4v) is 1.56. The molecule has 0 aliphatic carbocycles. The summed E-state index contributed by atoms with van der Waals surface area (Å²) >= 11 is 0. The largest absolute Gasteiger partial charge is 0.480 e. The van der Waals surface area contributed by atoms with Crippen molar-refractivity contribution >= 4 is 18.0 Å². The lowest BCUT2D eigenvalue weighted by atomic mass is 10.1. The number of benzene rings is 1. The predicted octanol–water partition coefficient (Wildman–Crippen LogP) is 2.21. The summed E-state index contributed by atoms with van der Waals surface area (Å²) in [4.78, 5) is 22.1. The molecule has 1 rings (SSSR count). The monoisotopic (exact) mass is 272 g/mol. The van der Waals surface area contributed by atoms with E-state index < -0.39 is 18.4 Å². The molecule has 0 radical (unpaired) electrons. The first-order valence-electron chi connectivity index (χ1n) is 6.27. The predicted molar refractivity (Wildman–Crippen MR) is 74.9 cm³/mol. The van der Waals surface area contributed by atoms with Gasteiger partial charge in [-0.1, -0.05) is 24.3 Å². The number of amides is 1. The smallest absolute Gasteiger partial charge is 0.322 e. The summed E-state index contributed by atoms with van der Waals surface area (Å²) < 4.78 is 0. The molecule has 5 heteroatoms. The number of nitrogens with one attached hydrogen (secondary N) is 1. The highest BCUT2D eigenvalue weighted by Crippen LogP contribution is 2.08. The maximum atomic E-state index is 11.7. The molecule has 0 heterocycles. The molecule has 0 aromatic heterocycles. The Kier molecular flexibility index (Phi) is 6.55. The van der Waals surface area contributed by atoms with Gasteiger partial charge in [-0.3, -0.25) is 9.59 Å². The van der Waals surface area contributed by atoms with Crippen LogP contribution < -0.4 is 5.32 Å². The zero-order valence-corrected chi connectivity index (χ0v) is 11.0. The molecule has 20 heavy (non-hydrogen) atoms. The quantitative estimate of drug-likeness (QED) is 0.744. The van der Waals surface area contributed by atoms with E-state index >= 15 is 0 Å². The third kappa shape index (κ3) is 5.83. The summed E-state index contributed by atoms with van der Waals surface area (Å²) in [6.07, 6.45) is 5.98. The minimum atomic E-state index is -1.08. The van der Waals surface area contributed by atoms with Crippen LogP contribution in [0, 0.1) is 11.3 Å². The molecule has 0 fully saturated rings. The lowest BCUT2D eigenvalue weighted by Crippen LogP contribution is -2.29. The molecule has 0 saturated carbocycles. The van der Waals surface area contributed by atoms with Gasteiger partial charge in [0.1, 0.15) is 6.54 Å². The molecule has 5 nitrogen and oxygen atoms in total. The minimum Gasteiger partial charge on any atom is -0.480 e. The van der Waals surface area contributed by atoms with E-state index in [2.05, 4.69) is 11.4 Å². The Morgan fingerprint density at radius 1 is 1.40 bits per heavy atom. The Morgan fingerprint density at radius 3 is 2.90 bits per heavy atom. The molecule has 0 bridgehead atoms. The standard InChI is InChI=1S/C15H16N2O3/c16-9-4-2-1-3-6-12-7-5-8-13(10-12)15(20)17-11-14(18)19/h3,5-8,10H,1-2,4,11H2,(H,17,20)(H,18,19)/b6-3-. The first kappa shape index (κ1) is 15.4. The number of hydrogen-bond donors (Lipinski definition) is 2. The normalized spacial score (nSPS) is 10.2. The molecule has 0 unspecified atom stereocenters. The Balaban J connectivity index is 2.59. The molecule has 1 amide bonds. The van der Waals surface area contributed by atoms with Gasteiger partial charge in [-0.05, 0) is 30.5 Å². The highest BCUT2D eigenvalue weighted by atomic mass is 16.4. The van der Waals surface area contributed by atoms with Crippen molar-refractivity contribution < 1.29 is 14.7 Å². The van der Waals surface area contributed by atoms with Crippen LogP contribution in [-0.2, 0) is 4.79 Å². The molecule has 0 spiro atoms. The van der Waals surface area contributed by atoms with Crippen LogP contribution in [0.2, 0.25) is 0 Å². The van der Waals surface area contributed by atoms with E-state index in [9.17, 15) is 9.59 Å². The van der Waals surface area contributed by atoms with Crippen molar-refractivity contribution in [2.24, 2.45) is 0 Å². The van der Waals surface area contributed by atoms with Crippen molar-refractivity contribution in [1.82, 2.24) is 5.32 Å². The zero-order valence-electron chi connectivity index (χ0n) is 11.0. The van der Waals surface area contributed by atoms with Gasteiger partial charge in [0.2, 0.25) is 0 Å². The third-order valence-corrected chi connectivity index (χ3v) is 2.52. The maximum Gasteiger partial charge on any atom is 0.322 e. The molecule has 104 valence electrons. The van der Waals surface area contributed by atoms with Gasteiger partial charge in [-0.25, -0.2) is 0 Å². The summed E-state index contributed by atoms with van der Waals surface area (Å²) in [7, 11) is 0. The number of nitrogens with zero attached hydrogens (tertiary/aromatic N) is 1. The SMILES string of the molecule is N#CCCC/C=C\c1cccc(C(=O)NCC(=O)O)c1. The highest BCUT2D eigenvalue weighted by Gasteiger charge is 2.06. The van der Waals surface area contributed by atoms with Gasteiger partial charge in [0.05, 0.1) is 6.07 Å². The fourth-order valence-electron chi connectivity index (χ4n) is 1.56. The van der Waals surface area contributed by atoms with Crippen molar-refractivity contribution in [1.29, 1.82) is 5.26 Å². The number of carboxylic acid groups (broad SMARTS) is 1. The highest BCUT2D eigenvalue weighted by molar-refractivity contribution is 5.96. The van der Waals surface area contributed by atoms with Crippen molar-refractivity contribution in [3.63, 3.8) is 0 Å². The van der Waals surface area contributed by atoms with E-state index in [0.717, 1.165) is 18.4 Å². The second kappa shape index (κ2) is 8.48. The Hall–Kier alpha value is -2.61. The van der Waals surface area contributed by atoms with Crippen LogP contribution >= 0.6 is 0 Å². The summed E-state index contributed by atoms with van der Waals surface area (Å²) in [6, 6.07) is 9.00. The molecule has 0 aliphatic rings. The Bertz CT molecular complexity index is 544. The number of nitriles is 1. The second-order valence-electron chi connectivity index (χ2n) is 4.15. The molecular weight excluding hydrogens is 256 g/mol. The lowest BCUT2D eigenvalue weighted by Gasteiger charge is -2.03. The van der Waals surface area contributed by atoms with Crippen LogP contribution in [0.3, 0.4) is 0 Å². The van der Waals surface area contributed by atoms with Gasteiger partial charge in [-0.15, -0.1) is 0 Å². The van der Waals surface area contributed by atoms with Gasteiger partial charge < -0.3 is 10.4 Å². The Labute approximate surface area is 117 Å². The second-order valence-corrected chi connectivity index (χ2v) is 4.15. The molecule has 1 aromatic carbocycles. The average molecular weight is 272 g/mol. The van der Waals surface area contributed by atoms with Crippen molar-refractivity contribution in [2.45, 2.75) is 19.3 Å². The summed E-state index contributed by atoms with van der Waals surface area (Å²) in [5.41, 5.74) is 1.29. The molecule has 0 aliphatic heterocycles. The molecular formula is C15H16N2O3. The van der Waals surface area contributed by atoms with Crippen LogP contribution in [0.4, 0.5) is 0 Å². The topological polar surface area (TPSA) is 90.2 Å². The molecule has 0 atom stereocenters. The van der Waals surface area contributed by atoms with E-state index in [4.69, 9.17) is 10.4 Å². The zero-order chi connectivity index (χ0) is 14.8. The molecule has 0 saturated heterocycles. The van der Waals surface area contributed by atoms with Gasteiger partial charge in [-0.2, -0.15) is 5.26 Å². The van der Waals surface area contributed by atoms with Crippen molar-refractivity contribution in [3.8, 4) is 6.07 Å². The van der Waals surface area contributed by atoms with Gasteiger partial charge in [0.15, 0.2) is 0 Å². The first-order chi connectivity index (χ1) is 9.63. The number of carbonyl (C=O) groups is 2. The summed E-state index contributed by atoms with van der Waals surface area (Å²) in [5.74, 6) is -1.49. The van der Waals surface area contributed by atoms with Crippen LogP contribution in [-0.4, -0.2) is 23.5 Å². The lowest BCUT2D eigenvalue weighted by molar-refractivity contribution is -0.135. The average Bonchev–Trinajstić information content (AvgIpc) is 2.45. The van der Waals surface area contributed by atoms with E-state index in [1.165, 1.54) is 0 Å². The first-order valence-corrected chi connectivity index (χ1v) is 6.27.